The van der Waals surface area contributed by atoms with Gasteiger partial charge in [0, 0.05) is 5.56 Å². The van der Waals surface area contributed by atoms with Gasteiger partial charge in [0.1, 0.15) is 16.5 Å². The third-order valence-corrected chi connectivity index (χ3v) is 5.10. The third-order valence-electron chi connectivity index (χ3n) is 4.18. The van der Waals surface area contributed by atoms with Gasteiger partial charge in [-0.15, -0.1) is 10.2 Å². The summed E-state index contributed by atoms with van der Waals surface area (Å²) in [6, 6.07) is 13.7. The first-order valence-corrected chi connectivity index (χ1v) is 9.95. The Morgan fingerprint density at radius 2 is 1.74 bits per heavy atom. The van der Waals surface area contributed by atoms with Gasteiger partial charge in [-0.1, -0.05) is 23.9 Å². The molecule has 1 aromatic heterocycles. The van der Waals surface area contributed by atoms with E-state index in [0.29, 0.717) is 16.5 Å². The van der Waals surface area contributed by atoms with Crippen molar-refractivity contribution in [3.8, 4) is 22.8 Å². The molecule has 31 heavy (non-hydrogen) atoms. The Hall–Kier alpha value is -3.27. The number of para-hydroxylation sites is 1. The maximum absolute atomic E-state index is 12.9. The Kier molecular flexibility index (Phi) is 7.01. The monoisotopic (exact) mass is 449 g/mol. The van der Waals surface area contributed by atoms with E-state index in [4.69, 9.17) is 9.47 Å². The van der Waals surface area contributed by atoms with E-state index in [1.807, 2.05) is 24.3 Å². The molecule has 6 nitrogen and oxygen atoms in total. The van der Waals surface area contributed by atoms with Crippen molar-refractivity contribution in [2.45, 2.75) is 11.2 Å². The molecule has 0 aliphatic heterocycles. The lowest BCUT2D eigenvalue weighted by Crippen LogP contribution is -2.16. The van der Waals surface area contributed by atoms with Crippen molar-refractivity contribution in [1.82, 2.24) is 10.2 Å². The van der Waals surface area contributed by atoms with Crippen LogP contribution in [0.15, 0.2) is 59.6 Å². The van der Waals surface area contributed by atoms with Crippen LogP contribution in [0.25, 0.3) is 11.3 Å². The zero-order valence-electron chi connectivity index (χ0n) is 16.6. The SMILES string of the molecule is COc1ccc(C(F)(F)F)cc1NC(=O)CSc1ccc(-c2ccccc2OC)nn1. The minimum atomic E-state index is -4.53. The van der Waals surface area contributed by atoms with Crippen molar-refractivity contribution in [1.29, 1.82) is 0 Å². The second-order valence-corrected chi connectivity index (χ2v) is 7.20. The van der Waals surface area contributed by atoms with E-state index in [0.717, 1.165) is 35.5 Å². The van der Waals surface area contributed by atoms with Gasteiger partial charge in [-0.25, -0.2) is 0 Å². The Balaban J connectivity index is 1.65. The van der Waals surface area contributed by atoms with Gasteiger partial charge >= 0.3 is 6.18 Å². The number of carbonyl (C=O) groups excluding carboxylic acids is 1. The summed E-state index contributed by atoms with van der Waals surface area (Å²) in [4.78, 5) is 12.3. The Labute approximate surface area is 180 Å². The summed E-state index contributed by atoms with van der Waals surface area (Å²) in [6.45, 7) is 0. The fraction of sp³-hybridized carbons (Fsp3) is 0.190. The molecule has 0 atom stereocenters. The number of rotatable bonds is 7. The van der Waals surface area contributed by atoms with E-state index in [1.54, 1.807) is 19.2 Å². The lowest BCUT2D eigenvalue weighted by molar-refractivity contribution is -0.137. The minimum Gasteiger partial charge on any atom is -0.496 e. The Morgan fingerprint density at radius 1 is 1.00 bits per heavy atom. The molecule has 0 aliphatic carbocycles. The Morgan fingerprint density at radius 3 is 2.39 bits per heavy atom. The molecule has 10 heteroatoms. The van der Waals surface area contributed by atoms with Crippen LogP contribution in [0, 0.1) is 0 Å². The molecule has 0 unspecified atom stereocenters. The van der Waals surface area contributed by atoms with Crippen LogP contribution in [0.5, 0.6) is 11.5 Å². The molecule has 0 bridgehead atoms. The van der Waals surface area contributed by atoms with Crippen LogP contribution in [0.4, 0.5) is 18.9 Å². The second kappa shape index (κ2) is 9.69. The number of anilines is 1. The van der Waals surface area contributed by atoms with Gasteiger partial charge in [-0.05, 0) is 42.5 Å². The molecule has 3 rings (SSSR count). The molecule has 0 spiro atoms. The predicted octanol–water partition coefficient (Wildman–Crippen LogP) is 4.91. The van der Waals surface area contributed by atoms with E-state index in [-0.39, 0.29) is 17.2 Å². The summed E-state index contributed by atoms with van der Waals surface area (Å²) >= 11 is 1.10. The van der Waals surface area contributed by atoms with Crippen LogP contribution >= 0.6 is 11.8 Å². The smallest absolute Gasteiger partial charge is 0.416 e. The summed E-state index contributed by atoms with van der Waals surface area (Å²) < 4.78 is 49.1. The van der Waals surface area contributed by atoms with Crippen LogP contribution in [0.1, 0.15) is 5.56 Å². The lowest BCUT2D eigenvalue weighted by Gasteiger charge is -2.13. The molecule has 3 aromatic rings. The highest BCUT2D eigenvalue weighted by Gasteiger charge is 2.31. The number of hydrogen-bond donors (Lipinski definition) is 1. The fourth-order valence-corrected chi connectivity index (χ4v) is 3.32. The van der Waals surface area contributed by atoms with Crippen LogP contribution in [0.2, 0.25) is 0 Å². The van der Waals surface area contributed by atoms with Crippen LogP contribution in [0.3, 0.4) is 0 Å². The van der Waals surface area contributed by atoms with Crippen LogP contribution in [-0.2, 0) is 11.0 Å². The fourth-order valence-electron chi connectivity index (χ4n) is 2.70. The molecule has 162 valence electrons. The molecular weight excluding hydrogens is 431 g/mol. The van der Waals surface area contributed by atoms with Gasteiger partial charge in [0.15, 0.2) is 0 Å². The second-order valence-electron chi connectivity index (χ2n) is 6.21. The highest BCUT2D eigenvalue weighted by atomic mass is 32.2. The van der Waals surface area contributed by atoms with Crippen molar-refractivity contribution in [3.63, 3.8) is 0 Å². The number of ether oxygens (including phenoxy) is 2. The van der Waals surface area contributed by atoms with Gasteiger partial charge in [-0.3, -0.25) is 4.79 Å². The van der Waals surface area contributed by atoms with E-state index in [2.05, 4.69) is 15.5 Å². The topological polar surface area (TPSA) is 73.3 Å². The average Bonchev–Trinajstić information content (AvgIpc) is 2.77. The number of benzene rings is 2. The number of aromatic nitrogens is 2. The summed E-state index contributed by atoms with van der Waals surface area (Å²) in [7, 11) is 2.88. The van der Waals surface area contributed by atoms with Gasteiger partial charge in [0.05, 0.1) is 36.9 Å². The maximum Gasteiger partial charge on any atom is 0.416 e. The summed E-state index contributed by atoms with van der Waals surface area (Å²) in [5.74, 6) is 0.222. The molecule has 0 aliphatic rings. The molecule has 0 fully saturated rings. The van der Waals surface area contributed by atoms with Crippen LogP contribution in [-0.4, -0.2) is 36.1 Å². The quantitative estimate of drug-likeness (QED) is 0.517. The van der Waals surface area contributed by atoms with Crippen molar-refractivity contribution >= 4 is 23.4 Å². The lowest BCUT2D eigenvalue weighted by atomic mass is 10.1. The third kappa shape index (κ3) is 5.66. The number of methoxy groups -OCH3 is 2. The zero-order chi connectivity index (χ0) is 22.4. The van der Waals surface area contributed by atoms with E-state index in [1.165, 1.54) is 7.11 Å². The van der Waals surface area contributed by atoms with Crippen molar-refractivity contribution in [2.75, 3.05) is 25.3 Å². The number of nitrogens with one attached hydrogen (secondary N) is 1. The summed E-state index contributed by atoms with van der Waals surface area (Å²) in [5, 5.41) is 11.2. The predicted molar refractivity (Wildman–Crippen MR) is 111 cm³/mol. The van der Waals surface area contributed by atoms with Gasteiger partial charge in [0.25, 0.3) is 0 Å². The van der Waals surface area contributed by atoms with Gasteiger partial charge in [-0.2, -0.15) is 13.2 Å². The molecule has 0 saturated carbocycles. The molecule has 1 N–H and O–H groups in total. The molecule has 2 aromatic carbocycles. The Bertz CT molecular complexity index is 1060. The molecule has 1 heterocycles. The number of carbonyl (C=O) groups is 1. The number of hydrogen-bond acceptors (Lipinski definition) is 6. The van der Waals surface area contributed by atoms with Gasteiger partial charge in [0.2, 0.25) is 5.91 Å². The number of halogens is 3. The maximum atomic E-state index is 12.9. The largest absolute Gasteiger partial charge is 0.496 e. The van der Waals surface area contributed by atoms with E-state index < -0.39 is 17.6 Å². The summed E-state index contributed by atoms with van der Waals surface area (Å²) in [6.07, 6.45) is -4.53. The highest BCUT2D eigenvalue weighted by Crippen LogP contribution is 2.35. The first kappa shape index (κ1) is 22.4. The number of alkyl halides is 3. The van der Waals surface area contributed by atoms with E-state index in [9.17, 15) is 18.0 Å². The first-order valence-electron chi connectivity index (χ1n) is 8.97. The summed E-state index contributed by atoms with van der Waals surface area (Å²) in [5.41, 5.74) is 0.456. The highest BCUT2D eigenvalue weighted by molar-refractivity contribution is 7.99. The zero-order valence-corrected chi connectivity index (χ0v) is 17.4. The minimum absolute atomic E-state index is 0.0551. The first-order chi connectivity index (χ1) is 14.8. The number of nitrogens with zero attached hydrogens (tertiary/aromatic N) is 2. The van der Waals surface area contributed by atoms with E-state index >= 15 is 0 Å². The van der Waals surface area contributed by atoms with Crippen molar-refractivity contribution < 1.29 is 27.4 Å². The molecule has 1 amide bonds. The number of amides is 1. The normalized spacial score (nSPS) is 11.1. The standard InChI is InChI=1S/C21H18F3N3O3S/c1-29-17-6-4-3-5-14(17)15-8-10-20(27-26-15)31-12-19(28)25-16-11-13(21(22,23)24)7-9-18(16)30-2/h3-11H,12H2,1-2H3,(H,25,28). The molecule has 0 radical (unpaired) electrons. The molecular formula is C21H18F3N3O3S. The van der Waals surface area contributed by atoms with Gasteiger partial charge < -0.3 is 14.8 Å². The van der Waals surface area contributed by atoms with Crippen molar-refractivity contribution in [3.05, 3.63) is 60.2 Å². The number of thioether (sulfide) groups is 1. The average molecular weight is 449 g/mol. The van der Waals surface area contributed by atoms with Crippen LogP contribution < -0.4 is 14.8 Å². The van der Waals surface area contributed by atoms with Crippen molar-refractivity contribution in [2.24, 2.45) is 0 Å². The molecule has 0 saturated heterocycles.